The molecule has 0 saturated carbocycles. The lowest BCUT2D eigenvalue weighted by molar-refractivity contribution is 0.0926. The Bertz CT molecular complexity index is 1060. The van der Waals surface area contributed by atoms with Gasteiger partial charge in [0.25, 0.3) is 5.91 Å². The number of benzene rings is 2. The number of pyridine rings is 1. The predicted octanol–water partition coefficient (Wildman–Crippen LogP) is 5.91. The number of amides is 1. The fourth-order valence-corrected chi connectivity index (χ4v) is 5.32. The van der Waals surface area contributed by atoms with E-state index in [-0.39, 0.29) is 11.7 Å². The zero-order valence-electron chi connectivity index (χ0n) is 18.7. The molecule has 1 aromatic heterocycles. The zero-order valence-corrected chi connectivity index (χ0v) is 19.5. The van der Waals surface area contributed by atoms with Gasteiger partial charge in [-0.2, -0.15) is 0 Å². The molecule has 0 aliphatic carbocycles. The molecule has 32 heavy (non-hydrogen) atoms. The highest BCUT2D eigenvalue weighted by molar-refractivity contribution is 7.99. The Labute approximate surface area is 193 Å². The number of carbonyl (C=O) groups excluding carboxylic acids is 1. The smallest absolute Gasteiger partial charge is 0.252 e. The topological polar surface area (TPSA) is 45.2 Å². The molecule has 4 rings (SSSR count). The van der Waals surface area contributed by atoms with E-state index in [1.165, 1.54) is 43.2 Å². The first-order valence-electron chi connectivity index (χ1n) is 11.4. The highest BCUT2D eigenvalue weighted by Crippen LogP contribution is 2.30. The minimum Gasteiger partial charge on any atom is -0.352 e. The van der Waals surface area contributed by atoms with Gasteiger partial charge in [0.2, 0.25) is 0 Å². The molecule has 3 aromatic rings. The van der Waals surface area contributed by atoms with Crippen molar-refractivity contribution in [3.63, 3.8) is 0 Å². The Morgan fingerprint density at radius 2 is 1.84 bits per heavy atom. The van der Waals surface area contributed by atoms with Gasteiger partial charge in [0, 0.05) is 35.5 Å². The molecule has 1 amide bonds. The van der Waals surface area contributed by atoms with Gasteiger partial charge in [-0.05, 0) is 69.5 Å². The number of halogens is 1. The van der Waals surface area contributed by atoms with Crippen LogP contribution in [0.4, 0.5) is 4.39 Å². The van der Waals surface area contributed by atoms with E-state index in [4.69, 9.17) is 4.98 Å². The van der Waals surface area contributed by atoms with E-state index in [0.29, 0.717) is 24.2 Å². The van der Waals surface area contributed by atoms with Crippen molar-refractivity contribution in [2.24, 2.45) is 0 Å². The number of nitrogens with one attached hydrogen (secondary N) is 1. The van der Waals surface area contributed by atoms with Crippen molar-refractivity contribution in [3.05, 3.63) is 66.0 Å². The van der Waals surface area contributed by atoms with Gasteiger partial charge in [-0.1, -0.05) is 36.4 Å². The molecule has 6 heteroatoms. The molecule has 1 aliphatic rings. The average molecular weight is 452 g/mol. The monoisotopic (exact) mass is 451 g/mol. The molecular weight excluding hydrogens is 421 g/mol. The first kappa shape index (κ1) is 22.7. The summed E-state index contributed by atoms with van der Waals surface area (Å²) in [6.45, 7) is 6.26. The van der Waals surface area contributed by atoms with Crippen molar-refractivity contribution in [1.82, 2.24) is 15.2 Å². The molecule has 0 spiro atoms. The average Bonchev–Trinajstić information content (AvgIpc) is 2.79. The van der Waals surface area contributed by atoms with E-state index in [0.717, 1.165) is 33.8 Å². The quantitative estimate of drug-likeness (QED) is 0.454. The molecule has 1 fully saturated rings. The molecule has 1 saturated heterocycles. The number of hydrogen-bond donors (Lipinski definition) is 1. The summed E-state index contributed by atoms with van der Waals surface area (Å²) < 4.78 is 13.2. The number of aromatic nitrogens is 1. The van der Waals surface area contributed by atoms with Crippen LogP contribution in [0.1, 0.15) is 49.9 Å². The number of likely N-dealkylation sites (tertiary alicyclic amines) is 1. The van der Waals surface area contributed by atoms with Crippen LogP contribution in [-0.4, -0.2) is 41.0 Å². The fourth-order valence-electron chi connectivity index (χ4n) is 4.49. The van der Waals surface area contributed by atoms with E-state index in [9.17, 15) is 9.18 Å². The summed E-state index contributed by atoms with van der Waals surface area (Å²) in [6.07, 6.45) is 4.76. The van der Waals surface area contributed by atoms with Crippen molar-refractivity contribution in [1.29, 1.82) is 0 Å². The molecular formula is C26H30FN3OS. The van der Waals surface area contributed by atoms with Crippen molar-refractivity contribution in [2.75, 3.05) is 13.1 Å². The summed E-state index contributed by atoms with van der Waals surface area (Å²) in [5, 5.41) is 4.67. The van der Waals surface area contributed by atoms with Gasteiger partial charge in [0.15, 0.2) is 0 Å². The summed E-state index contributed by atoms with van der Waals surface area (Å²) in [4.78, 5) is 21.2. The number of para-hydroxylation sites is 1. The minimum absolute atomic E-state index is 0.0794. The van der Waals surface area contributed by atoms with Gasteiger partial charge in [-0.3, -0.25) is 9.69 Å². The number of carbonyl (C=O) groups is 1. The van der Waals surface area contributed by atoms with E-state index in [1.807, 2.05) is 30.3 Å². The van der Waals surface area contributed by atoms with Crippen LogP contribution in [0.3, 0.4) is 0 Å². The first-order chi connectivity index (χ1) is 15.5. The van der Waals surface area contributed by atoms with Gasteiger partial charge in [0.05, 0.1) is 11.1 Å². The van der Waals surface area contributed by atoms with E-state index < -0.39 is 0 Å². The predicted molar refractivity (Wildman–Crippen MR) is 129 cm³/mol. The van der Waals surface area contributed by atoms with Crippen molar-refractivity contribution in [2.45, 2.75) is 61.5 Å². The van der Waals surface area contributed by atoms with Crippen LogP contribution in [0.2, 0.25) is 0 Å². The first-order valence-corrected chi connectivity index (χ1v) is 12.2. The van der Waals surface area contributed by atoms with Crippen LogP contribution in [0.15, 0.2) is 64.5 Å². The summed E-state index contributed by atoms with van der Waals surface area (Å²) in [6, 6.07) is 17.1. The second kappa shape index (κ2) is 10.5. The highest BCUT2D eigenvalue weighted by Gasteiger charge is 2.23. The fraction of sp³-hybridized carbons (Fsp3) is 0.385. The van der Waals surface area contributed by atoms with Crippen LogP contribution in [0.25, 0.3) is 10.9 Å². The Balaban J connectivity index is 1.44. The molecule has 4 nitrogen and oxygen atoms in total. The third-order valence-electron chi connectivity index (χ3n) is 6.23. The summed E-state index contributed by atoms with van der Waals surface area (Å²) in [7, 11) is 0. The Morgan fingerprint density at radius 1 is 1.12 bits per heavy atom. The number of piperidine rings is 1. The van der Waals surface area contributed by atoms with Crippen molar-refractivity contribution < 1.29 is 9.18 Å². The lowest BCUT2D eigenvalue weighted by atomic mass is 9.97. The molecule has 0 bridgehead atoms. The summed E-state index contributed by atoms with van der Waals surface area (Å²) >= 11 is 1.43. The zero-order chi connectivity index (χ0) is 22.5. The molecule has 1 aliphatic heterocycles. The van der Waals surface area contributed by atoms with Gasteiger partial charge in [0.1, 0.15) is 10.8 Å². The van der Waals surface area contributed by atoms with E-state index in [1.54, 1.807) is 12.1 Å². The van der Waals surface area contributed by atoms with E-state index >= 15 is 0 Å². The maximum atomic E-state index is 13.2. The van der Waals surface area contributed by atoms with Gasteiger partial charge < -0.3 is 5.32 Å². The number of rotatable bonds is 7. The Kier molecular flexibility index (Phi) is 7.43. The lowest BCUT2D eigenvalue weighted by Gasteiger charge is -2.39. The highest BCUT2D eigenvalue weighted by atomic mass is 32.2. The maximum Gasteiger partial charge on any atom is 0.252 e. The van der Waals surface area contributed by atoms with Crippen LogP contribution in [0, 0.1) is 5.82 Å². The Morgan fingerprint density at radius 3 is 2.59 bits per heavy atom. The molecule has 0 radical (unpaired) electrons. The van der Waals surface area contributed by atoms with Crippen LogP contribution < -0.4 is 5.32 Å². The van der Waals surface area contributed by atoms with Gasteiger partial charge in [-0.15, -0.1) is 0 Å². The van der Waals surface area contributed by atoms with Gasteiger partial charge in [-0.25, -0.2) is 9.37 Å². The number of fused-ring (bicyclic) bond motifs is 1. The molecule has 2 aromatic carbocycles. The third kappa shape index (κ3) is 5.48. The summed E-state index contributed by atoms with van der Waals surface area (Å²) in [5.74, 6) is -0.349. The normalized spacial score (nSPS) is 19.2. The van der Waals surface area contributed by atoms with Crippen LogP contribution >= 0.6 is 11.8 Å². The Hall–Kier alpha value is -2.44. The molecule has 2 heterocycles. The SMILES string of the molecule is C[C@@H]1CCC[C@H](C)N1CCCNC(=O)c1cc(Sc2ccc(F)cc2)nc2ccccc12. The minimum atomic E-state index is -0.269. The van der Waals surface area contributed by atoms with Crippen molar-refractivity contribution in [3.8, 4) is 0 Å². The molecule has 0 unspecified atom stereocenters. The standard InChI is InChI=1S/C26H30FN3OS/c1-18-7-5-8-19(2)30(18)16-6-15-28-26(31)23-17-25(29-24-10-4-3-9-22(23)24)32-21-13-11-20(27)12-14-21/h3-4,9-14,17-19H,5-8,15-16H2,1-2H3,(H,28,31)/t18-,19+. The van der Waals surface area contributed by atoms with Crippen LogP contribution in [-0.2, 0) is 0 Å². The van der Waals surface area contributed by atoms with E-state index in [2.05, 4.69) is 24.1 Å². The number of hydrogen-bond acceptors (Lipinski definition) is 4. The second-order valence-electron chi connectivity index (χ2n) is 8.56. The van der Waals surface area contributed by atoms with Crippen LogP contribution in [0.5, 0.6) is 0 Å². The molecule has 2 atom stereocenters. The van der Waals surface area contributed by atoms with Gasteiger partial charge >= 0.3 is 0 Å². The molecule has 168 valence electrons. The maximum absolute atomic E-state index is 13.2. The largest absolute Gasteiger partial charge is 0.352 e. The van der Waals surface area contributed by atoms with Crippen molar-refractivity contribution >= 4 is 28.6 Å². The lowest BCUT2D eigenvalue weighted by Crippen LogP contribution is -2.44. The number of nitrogens with zero attached hydrogens (tertiary/aromatic N) is 2. The molecule has 1 N–H and O–H groups in total. The third-order valence-corrected chi connectivity index (χ3v) is 7.15. The summed E-state index contributed by atoms with van der Waals surface area (Å²) in [5.41, 5.74) is 1.40. The second-order valence-corrected chi connectivity index (χ2v) is 9.65.